The van der Waals surface area contributed by atoms with Crippen molar-refractivity contribution >= 4 is 0 Å². The second-order valence-electron chi connectivity index (χ2n) is 7.12. The molecule has 0 unspecified atom stereocenters. The fourth-order valence-corrected chi connectivity index (χ4v) is 2.80. The summed E-state index contributed by atoms with van der Waals surface area (Å²) in [6.45, 7) is 7.12. The average molecular weight is 301 g/mol. The van der Waals surface area contributed by atoms with Gasteiger partial charge in [0.1, 0.15) is 0 Å². The van der Waals surface area contributed by atoms with E-state index >= 15 is 0 Å². The molecule has 6 nitrogen and oxygen atoms in total. The molecule has 0 fully saturated rings. The molecule has 0 atom stereocenters. The SMILES string of the molecule is CC(C)(C)n1nnc(CNCC2(O)Cc3ccccc3C2)n1. The summed E-state index contributed by atoms with van der Waals surface area (Å²) in [6.07, 6.45) is 1.39. The molecule has 0 saturated heterocycles. The average Bonchev–Trinajstić information content (AvgIpc) is 3.01. The third-order valence-corrected chi connectivity index (χ3v) is 3.95. The molecular formula is C16H23N5O. The fraction of sp³-hybridized carbons (Fsp3) is 0.562. The van der Waals surface area contributed by atoms with E-state index in [0.717, 1.165) is 0 Å². The van der Waals surface area contributed by atoms with Crippen LogP contribution in [0.25, 0.3) is 0 Å². The predicted molar refractivity (Wildman–Crippen MR) is 83.3 cm³/mol. The lowest BCUT2D eigenvalue weighted by atomic mass is 10.0. The molecule has 0 radical (unpaired) electrons. The first-order valence-electron chi connectivity index (χ1n) is 7.65. The molecule has 0 bridgehead atoms. The van der Waals surface area contributed by atoms with Gasteiger partial charge in [-0.05, 0) is 37.1 Å². The second kappa shape index (κ2) is 5.44. The van der Waals surface area contributed by atoms with E-state index in [0.29, 0.717) is 31.8 Å². The number of tetrazole rings is 1. The Labute approximate surface area is 130 Å². The first kappa shape index (κ1) is 15.1. The maximum atomic E-state index is 10.7. The molecule has 0 spiro atoms. The van der Waals surface area contributed by atoms with Crippen LogP contribution in [0.1, 0.15) is 37.7 Å². The molecule has 118 valence electrons. The van der Waals surface area contributed by atoms with Gasteiger partial charge in [0.05, 0.1) is 17.7 Å². The molecule has 3 rings (SSSR count). The summed E-state index contributed by atoms with van der Waals surface area (Å²) in [4.78, 5) is 1.62. The van der Waals surface area contributed by atoms with Crippen LogP contribution < -0.4 is 5.32 Å². The van der Waals surface area contributed by atoms with E-state index in [9.17, 15) is 5.11 Å². The van der Waals surface area contributed by atoms with E-state index in [-0.39, 0.29) is 5.54 Å². The third-order valence-electron chi connectivity index (χ3n) is 3.95. The summed E-state index contributed by atoms with van der Waals surface area (Å²) in [5.41, 5.74) is 1.59. The zero-order valence-corrected chi connectivity index (χ0v) is 13.4. The lowest BCUT2D eigenvalue weighted by Gasteiger charge is -2.22. The normalized spacial score (nSPS) is 16.7. The van der Waals surface area contributed by atoms with E-state index in [1.807, 2.05) is 32.9 Å². The highest BCUT2D eigenvalue weighted by Gasteiger charge is 2.34. The van der Waals surface area contributed by atoms with Crippen LogP contribution in [0.4, 0.5) is 0 Å². The number of aliphatic hydroxyl groups is 1. The third kappa shape index (κ3) is 3.18. The minimum atomic E-state index is -0.719. The molecule has 6 heteroatoms. The molecular weight excluding hydrogens is 278 g/mol. The van der Waals surface area contributed by atoms with Crippen molar-refractivity contribution in [3.63, 3.8) is 0 Å². The van der Waals surface area contributed by atoms with Crippen molar-refractivity contribution in [2.45, 2.75) is 51.3 Å². The molecule has 1 aromatic heterocycles. The second-order valence-corrected chi connectivity index (χ2v) is 7.12. The Morgan fingerprint density at radius 2 is 1.86 bits per heavy atom. The van der Waals surface area contributed by atoms with E-state index < -0.39 is 5.60 Å². The van der Waals surface area contributed by atoms with Crippen molar-refractivity contribution in [1.29, 1.82) is 0 Å². The summed E-state index contributed by atoms with van der Waals surface area (Å²) in [5, 5.41) is 26.4. The Hall–Kier alpha value is -1.79. The van der Waals surface area contributed by atoms with Crippen molar-refractivity contribution in [1.82, 2.24) is 25.5 Å². The van der Waals surface area contributed by atoms with Crippen LogP contribution in [0.15, 0.2) is 24.3 Å². The van der Waals surface area contributed by atoms with Gasteiger partial charge in [0.2, 0.25) is 0 Å². The Morgan fingerprint density at radius 3 is 2.41 bits per heavy atom. The number of hydrogen-bond donors (Lipinski definition) is 2. The van der Waals surface area contributed by atoms with Gasteiger partial charge in [0.15, 0.2) is 5.82 Å². The van der Waals surface area contributed by atoms with Gasteiger partial charge in [-0.15, -0.1) is 10.2 Å². The Kier molecular flexibility index (Phi) is 3.74. The summed E-state index contributed by atoms with van der Waals surface area (Å²) < 4.78 is 0. The monoisotopic (exact) mass is 301 g/mol. The van der Waals surface area contributed by atoms with E-state index in [4.69, 9.17) is 0 Å². The summed E-state index contributed by atoms with van der Waals surface area (Å²) in [7, 11) is 0. The molecule has 0 amide bonds. The fourth-order valence-electron chi connectivity index (χ4n) is 2.80. The highest BCUT2D eigenvalue weighted by molar-refractivity contribution is 5.35. The van der Waals surface area contributed by atoms with Crippen LogP contribution in [0.3, 0.4) is 0 Å². The van der Waals surface area contributed by atoms with Crippen LogP contribution in [0.2, 0.25) is 0 Å². The van der Waals surface area contributed by atoms with Gasteiger partial charge < -0.3 is 10.4 Å². The van der Waals surface area contributed by atoms with Crippen molar-refractivity contribution in [3.8, 4) is 0 Å². The van der Waals surface area contributed by atoms with Crippen molar-refractivity contribution < 1.29 is 5.11 Å². The quantitative estimate of drug-likeness (QED) is 0.883. The summed E-state index contributed by atoms with van der Waals surface area (Å²) in [6, 6.07) is 8.22. The number of fused-ring (bicyclic) bond motifs is 1. The first-order chi connectivity index (χ1) is 10.4. The van der Waals surface area contributed by atoms with Gasteiger partial charge >= 0.3 is 0 Å². The Morgan fingerprint density at radius 1 is 1.23 bits per heavy atom. The largest absolute Gasteiger partial charge is 0.388 e. The molecule has 0 saturated carbocycles. The zero-order chi connectivity index (χ0) is 15.8. The van der Waals surface area contributed by atoms with Crippen LogP contribution in [0.5, 0.6) is 0 Å². The molecule has 1 heterocycles. The number of benzene rings is 1. The van der Waals surface area contributed by atoms with Gasteiger partial charge in [0, 0.05) is 19.4 Å². The number of nitrogens with zero attached hydrogens (tertiary/aromatic N) is 4. The van der Waals surface area contributed by atoms with Gasteiger partial charge in [-0.1, -0.05) is 24.3 Å². The van der Waals surface area contributed by atoms with E-state index in [2.05, 4.69) is 32.9 Å². The van der Waals surface area contributed by atoms with Crippen LogP contribution in [-0.4, -0.2) is 37.5 Å². The standard InChI is InChI=1S/C16H23N5O/c1-15(2,3)21-19-14(18-20-21)10-17-11-16(22)8-12-6-4-5-7-13(12)9-16/h4-7,17,22H,8-11H2,1-3H3. The highest BCUT2D eigenvalue weighted by atomic mass is 16.3. The topological polar surface area (TPSA) is 75.9 Å². The van der Waals surface area contributed by atoms with Crippen LogP contribution >= 0.6 is 0 Å². The van der Waals surface area contributed by atoms with Crippen LogP contribution in [-0.2, 0) is 24.9 Å². The summed E-state index contributed by atoms with van der Waals surface area (Å²) >= 11 is 0. The van der Waals surface area contributed by atoms with Gasteiger partial charge in [-0.2, -0.15) is 4.80 Å². The highest BCUT2D eigenvalue weighted by Crippen LogP contribution is 2.29. The smallest absolute Gasteiger partial charge is 0.188 e. The molecule has 2 N–H and O–H groups in total. The van der Waals surface area contributed by atoms with Gasteiger partial charge in [-0.3, -0.25) is 0 Å². The minimum absolute atomic E-state index is 0.170. The van der Waals surface area contributed by atoms with Crippen molar-refractivity contribution in [2.75, 3.05) is 6.54 Å². The van der Waals surface area contributed by atoms with E-state index in [1.54, 1.807) is 4.80 Å². The van der Waals surface area contributed by atoms with E-state index in [1.165, 1.54) is 11.1 Å². The lowest BCUT2D eigenvalue weighted by Crippen LogP contribution is -2.41. The Bertz CT molecular complexity index is 634. The Balaban J connectivity index is 1.55. The minimum Gasteiger partial charge on any atom is -0.388 e. The molecule has 1 aliphatic rings. The van der Waals surface area contributed by atoms with Crippen molar-refractivity contribution in [3.05, 3.63) is 41.2 Å². The molecule has 2 aromatic rings. The number of aromatic nitrogens is 4. The first-order valence-corrected chi connectivity index (χ1v) is 7.65. The van der Waals surface area contributed by atoms with Gasteiger partial charge in [-0.25, -0.2) is 0 Å². The molecule has 1 aliphatic carbocycles. The maximum Gasteiger partial charge on any atom is 0.188 e. The lowest BCUT2D eigenvalue weighted by molar-refractivity contribution is 0.0508. The number of rotatable bonds is 4. The zero-order valence-electron chi connectivity index (χ0n) is 13.4. The molecule has 1 aromatic carbocycles. The van der Waals surface area contributed by atoms with Crippen LogP contribution in [0, 0.1) is 0 Å². The number of hydrogen-bond acceptors (Lipinski definition) is 5. The van der Waals surface area contributed by atoms with Gasteiger partial charge in [0.25, 0.3) is 0 Å². The maximum absolute atomic E-state index is 10.7. The molecule has 22 heavy (non-hydrogen) atoms. The molecule has 0 aliphatic heterocycles. The number of nitrogens with one attached hydrogen (secondary N) is 1. The van der Waals surface area contributed by atoms with Crippen molar-refractivity contribution in [2.24, 2.45) is 0 Å². The summed E-state index contributed by atoms with van der Waals surface area (Å²) in [5.74, 6) is 0.647. The predicted octanol–water partition coefficient (Wildman–Crippen LogP) is 1.05.